The first-order chi connectivity index (χ1) is 16.7. The van der Waals surface area contributed by atoms with Crippen LogP contribution >= 0.6 is 0 Å². The van der Waals surface area contributed by atoms with Crippen molar-refractivity contribution in [3.05, 3.63) is 39.4 Å². The molecule has 190 valence electrons. The Morgan fingerprint density at radius 1 is 1.26 bits per heavy atom. The Labute approximate surface area is 202 Å². The number of aromatic carboxylic acids is 1. The quantitative estimate of drug-likeness (QED) is 0.380. The number of halogens is 1. The van der Waals surface area contributed by atoms with E-state index in [0.29, 0.717) is 62.9 Å². The van der Waals surface area contributed by atoms with Crippen LogP contribution in [0.3, 0.4) is 0 Å². The predicted octanol–water partition coefficient (Wildman–Crippen LogP) is 2.31. The lowest BCUT2D eigenvalue weighted by atomic mass is 9.93. The van der Waals surface area contributed by atoms with Gasteiger partial charge in [0.2, 0.25) is 5.43 Å². The number of anilines is 1. The molecule has 1 aromatic carbocycles. The van der Waals surface area contributed by atoms with Crippen molar-refractivity contribution in [2.24, 2.45) is 11.5 Å². The van der Waals surface area contributed by atoms with Gasteiger partial charge in [0, 0.05) is 49.1 Å². The van der Waals surface area contributed by atoms with Gasteiger partial charge in [0.25, 0.3) is 0 Å². The van der Waals surface area contributed by atoms with E-state index in [-0.39, 0.29) is 23.1 Å². The summed E-state index contributed by atoms with van der Waals surface area (Å²) in [5, 5.41) is 9.56. The average molecular weight is 489 g/mol. The average Bonchev–Trinajstić information content (AvgIpc) is 2.83. The van der Waals surface area contributed by atoms with Gasteiger partial charge in [-0.05, 0) is 45.2 Å². The number of ether oxygens (including phenoxy) is 1. The number of rotatable bonds is 8. The number of nitrogens with zero attached hydrogens (tertiary/aromatic N) is 2. The molecule has 10 heteroatoms. The Hall–Kier alpha value is -2.98. The summed E-state index contributed by atoms with van der Waals surface area (Å²) in [5.41, 5.74) is 12.2. The second-order valence-electron chi connectivity index (χ2n) is 9.57. The summed E-state index contributed by atoms with van der Waals surface area (Å²) in [4.78, 5) is 38.6. The topological polar surface area (TPSA) is 141 Å². The smallest absolute Gasteiger partial charge is 0.341 e. The third kappa shape index (κ3) is 4.90. The zero-order valence-electron chi connectivity index (χ0n) is 20.0. The monoisotopic (exact) mass is 488 g/mol. The SMILES string of the molecule is C[C@H]1CCc2c(N3CCC(OC(=O)[C@H](N)CCCCN)CC3)c(F)cc3c(=O)c(C(=O)O)cn1c23. The molecular weight excluding hydrogens is 455 g/mol. The molecule has 2 atom stereocenters. The van der Waals surface area contributed by atoms with Gasteiger partial charge in [0.15, 0.2) is 0 Å². The number of carbonyl (C=O) groups is 2. The molecule has 0 radical (unpaired) electrons. The number of unbranched alkanes of at least 4 members (excludes halogenated alkanes) is 1. The highest BCUT2D eigenvalue weighted by atomic mass is 19.1. The zero-order chi connectivity index (χ0) is 25.3. The number of aryl methyl sites for hydroxylation is 1. The van der Waals surface area contributed by atoms with Crippen LogP contribution < -0.4 is 21.8 Å². The number of piperidine rings is 1. The van der Waals surface area contributed by atoms with Crippen molar-refractivity contribution < 1.29 is 23.8 Å². The molecule has 2 aliphatic rings. The maximum atomic E-state index is 15.4. The number of hydrogen-bond acceptors (Lipinski definition) is 7. The van der Waals surface area contributed by atoms with Crippen molar-refractivity contribution in [3.8, 4) is 0 Å². The standard InChI is InChI=1S/C25H33FN4O5/c1-14-5-6-16-21-17(23(31)18(24(32)33)13-30(14)21)12-19(26)22(16)29-10-7-15(8-11-29)35-25(34)20(28)4-2-3-9-27/h12-15,20H,2-11,27-28H2,1H3,(H,32,33)/t14-,20+/m0/s1. The first kappa shape index (κ1) is 25.1. The number of benzene rings is 1. The van der Waals surface area contributed by atoms with Crippen LogP contribution in [0.2, 0.25) is 0 Å². The Morgan fingerprint density at radius 2 is 1.97 bits per heavy atom. The molecule has 1 aromatic heterocycles. The lowest BCUT2D eigenvalue weighted by Gasteiger charge is -2.37. The maximum absolute atomic E-state index is 15.4. The van der Waals surface area contributed by atoms with E-state index in [2.05, 4.69) is 0 Å². The Bertz CT molecular complexity index is 1190. The van der Waals surface area contributed by atoms with E-state index in [1.807, 2.05) is 11.8 Å². The fourth-order valence-electron chi connectivity index (χ4n) is 5.20. The first-order valence-electron chi connectivity index (χ1n) is 12.3. The van der Waals surface area contributed by atoms with Gasteiger partial charge in [-0.15, -0.1) is 0 Å². The predicted molar refractivity (Wildman–Crippen MR) is 130 cm³/mol. The molecule has 2 aromatic rings. The third-order valence-electron chi connectivity index (χ3n) is 7.17. The van der Waals surface area contributed by atoms with Gasteiger partial charge in [-0.2, -0.15) is 0 Å². The summed E-state index contributed by atoms with van der Waals surface area (Å²) < 4.78 is 22.8. The molecule has 0 spiro atoms. The molecule has 1 saturated heterocycles. The first-order valence-corrected chi connectivity index (χ1v) is 12.3. The van der Waals surface area contributed by atoms with Gasteiger partial charge in [-0.25, -0.2) is 9.18 Å². The zero-order valence-corrected chi connectivity index (χ0v) is 20.0. The highest BCUT2D eigenvalue weighted by Gasteiger charge is 2.31. The molecule has 3 heterocycles. The van der Waals surface area contributed by atoms with Crippen molar-refractivity contribution in [1.29, 1.82) is 0 Å². The van der Waals surface area contributed by atoms with Crippen molar-refractivity contribution in [3.63, 3.8) is 0 Å². The van der Waals surface area contributed by atoms with Crippen molar-refractivity contribution in [2.45, 2.75) is 70.1 Å². The number of pyridine rings is 1. The number of nitrogens with two attached hydrogens (primary N) is 2. The highest BCUT2D eigenvalue weighted by molar-refractivity contribution is 5.95. The van der Waals surface area contributed by atoms with Gasteiger partial charge < -0.3 is 30.8 Å². The number of carbonyl (C=O) groups excluding carboxylic acids is 1. The summed E-state index contributed by atoms with van der Waals surface area (Å²) in [5.74, 6) is -2.27. The van der Waals surface area contributed by atoms with Crippen LogP contribution in [-0.4, -0.2) is 53.4 Å². The molecule has 5 N–H and O–H groups in total. The fourth-order valence-corrected chi connectivity index (χ4v) is 5.20. The Morgan fingerprint density at radius 3 is 2.63 bits per heavy atom. The minimum absolute atomic E-state index is 0.0128. The van der Waals surface area contributed by atoms with Crippen LogP contribution in [0.25, 0.3) is 10.9 Å². The summed E-state index contributed by atoms with van der Waals surface area (Å²) in [6, 6.07) is 0.488. The van der Waals surface area contributed by atoms with Gasteiger partial charge in [0.1, 0.15) is 23.5 Å². The number of carboxylic acid groups (broad SMARTS) is 1. The number of carboxylic acids is 1. The second kappa shape index (κ2) is 10.3. The molecule has 4 rings (SSSR count). The molecule has 0 bridgehead atoms. The van der Waals surface area contributed by atoms with E-state index in [9.17, 15) is 19.5 Å². The Kier molecular flexibility index (Phi) is 7.42. The van der Waals surface area contributed by atoms with Crippen LogP contribution in [0.1, 0.15) is 67.4 Å². The lowest BCUT2D eigenvalue weighted by Crippen LogP contribution is -2.42. The summed E-state index contributed by atoms with van der Waals surface area (Å²) >= 11 is 0. The molecule has 0 amide bonds. The van der Waals surface area contributed by atoms with E-state index in [4.69, 9.17) is 16.2 Å². The van der Waals surface area contributed by atoms with E-state index in [1.165, 1.54) is 12.3 Å². The van der Waals surface area contributed by atoms with E-state index >= 15 is 4.39 Å². The van der Waals surface area contributed by atoms with Crippen LogP contribution in [-0.2, 0) is 16.0 Å². The van der Waals surface area contributed by atoms with Crippen LogP contribution in [0.15, 0.2) is 17.1 Å². The fraction of sp³-hybridized carbons (Fsp3) is 0.560. The largest absolute Gasteiger partial charge is 0.477 e. The maximum Gasteiger partial charge on any atom is 0.341 e. The molecule has 2 aliphatic heterocycles. The molecule has 9 nitrogen and oxygen atoms in total. The molecule has 0 unspecified atom stereocenters. The van der Waals surface area contributed by atoms with Crippen LogP contribution in [0, 0.1) is 5.82 Å². The van der Waals surface area contributed by atoms with Gasteiger partial charge in [0.05, 0.1) is 11.2 Å². The van der Waals surface area contributed by atoms with E-state index in [0.717, 1.165) is 18.4 Å². The van der Waals surface area contributed by atoms with Gasteiger partial charge in [-0.1, -0.05) is 6.42 Å². The minimum Gasteiger partial charge on any atom is -0.477 e. The lowest BCUT2D eigenvalue weighted by molar-refractivity contribution is -0.151. The van der Waals surface area contributed by atoms with Crippen molar-refractivity contribution >= 4 is 28.5 Å². The minimum atomic E-state index is -1.32. The van der Waals surface area contributed by atoms with Crippen LogP contribution in [0.4, 0.5) is 10.1 Å². The van der Waals surface area contributed by atoms with Gasteiger partial charge in [-0.3, -0.25) is 9.59 Å². The number of aromatic nitrogens is 1. The van der Waals surface area contributed by atoms with Crippen LogP contribution in [0.5, 0.6) is 0 Å². The second-order valence-corrected chi connectivity index (χ2v) is 9.57. The molecule has 35 heavy (non-hydrogen) atoms. The summed E-state index contributed by atoms with van der Waals surface area (Å²) in [6.45, 7) is 3.50. The van der Waals surface area contributed by atoms with E-state index < -0.39 is 29.2 Å². The normalized spacial score (nSPS) is 19.1. The molecular formula is C25H33FN4O5. The number of esters is 1. The summed E-state index contributed by atoms with van der Waals surface area (Å²) in [6.07, 6.45) is 5.58. The molecule has 0 saturated carbocycles. The third-order valence-corrected chi connectivity index (χ3v) is 7.17. The molecule has 0 aliphatic carbocycles. The van der Waals surface area contributed by atoms with Gasteiger partial charge >= 0.3 is 11.9 Å². The Balaban J connectivity index is 1.56. The summed E-state index contributed by atoms with van der Waals surface area (Å²) in [7, 11) is 0. The van der Waals surface area contributed by atoms with Crippen molar-refractivity contribution in [2.75, 3.05) is 24.5 Å². The van der Waals surface area contributed by atoms with E-state index in [1.54, 1.807) is 4.57 Å². The molecule has 1 fully saturated rings. The van der Waals surface area contributed by atoms with Crippen molar-refractivity contribution in [1.82, 2.24) is 4.57 Å². The number of hydrogen-bond donors (Lipinski definition) is 3. The highest BCUT2D eigenvalue weighted by Crippen LogP contribution is 2.39.